The van der Waals surface area contributed by atoms with E-state index < -0.39 is 0 Å². The smallest absolute Gasteiger partial charge is 0.191 e. The molecule has 3 rings (SSSR count). The van der Waals surface area contributed by atoms with Gasteiger partial charge in [0.1, 0.15) is 0 Å². The first-order chi connectivity index (χ1) is 13.3. The van der Waals surface area contributed by atoms with Crippen molar-refractivity contribution < 1.29 is 0 Å². The van der Waals surface area contributed by atoms with E-state index in [1.54, 1.807) is 0 Å². The lowest BCUT2D eigenvalue weighted by atomic mass is 10.1. The Balaban J connectivity index is 0.00000280. The second kappa shape index (κ2) is 13.4. The molecule has 0 amide bonds. The lowest BCUT2D eigenvalue weighted by Crippen LogP contribution is -2.41. The molecule has 1 aromatic carbocycles. The lowest BCUT2D eigenvalue weighted by Gasteiger charge is -2.20. The maximum atomic E-state index is 4.36. The largest absolute Gasteiger partial charge is 0.355 e. The van der Waals surface area contributed by atoms with Crippen molar-refractivity contribution >= 4 is 29.9 Å². The molecular weight excluding hydrogens is 461 g/mol. The molecule has 0 spiro atoms. The summed E-state index contributed by atoms with van der Waals surface area (Å²) in [5.41, 5.74) is 2.72. The molecule has 2 aliphatic heterocycles. The van der Waals surface area contributed by atoms with E-state index >= 15 is 0 Å². The quantitative estimate of drug-likeness (QED) is 0.343. The van der Waals surface area contributed by atoms with Gasteiger partial charge >= 0.3 is 0 Å². The third kappa shape index (κ3) is 8.25. The van der Waals surface area contributed by atoms with Crippen molar-refractivity contribution in [2.75, 3.05) is 46.3 Å². The van der Waals surface area contributed by atoms with E-state index in [9.17, 15) is 0 Å². The van der Waals surface area contributed by atoms with Gasteiger partial charge in [-0.2, -0.15) is 0 Å². The number of hydrogen-bond donors (Lipinski definition) is 2. The minimum Gasteiger partial charge on any atom is -0.355 e. The summed E-state index contributed by atoms with van der Waals surface area (Å²) in [6.07, 6.45) is 8.19. The molecule has 1 aromatic rings. The van der Waals surface area contributed by atoms with E-state index in [0.29, 0.717) is 0 Å². The maximum Gasteiger partial charge on any atom is 0.191 e. The summed E-state index contributed by atoms with van der Waals surface area (Å²) in [5.74, 6) is 0.894. The van der Waals surface area contributed by atoms with Crippen LogP contribution in [0.5, 0.6) is 0 Å². The monoisotopic (exact) mass is 499 g/mol. The zero-order valence-electron chi connectivity index (χ0n) is 17.5. The number of nitrogens with zero attached hydrogens (tertiary/aromatic N) is 3. The number of aliphatic imine (C=N–C) groups is 1. The zero-order chi connectivity index (χ0) is 18.7. The van der Waals surface area contributed by atoms with Gasteiger partial charge in [-0.1, -0.05) is 37.1 Å². The predicted molar refractivity (Wildman–Crippen MR) is 129 cm³/mol. The third-order valence-electron chi connectivity index (χ3n) is 5.73. The van der Waals surface area contributed by atoms with E-state index in [0.717, 1.165) is 32.1 Å². The number of nitrogens with one attached hydrogen (secondary N) is 2. The summed E-state index contributed by atoms with van der Waals surface area (Å²) in [6.45, 7) is 8.96. The Hall–Kier alpha value is -0.860. The van der Waals surface area contributed by atoms with Crippen LogP contribution in [0.2, 0.25) is 0 Å². The van der Waals surface area contributed by atoms with Crippen LogP contribution in [-0.2, 0) is 13.1 Å². The Morgan fingerprint density at radius 3 is 2.04 bits per heavy atom. The topological polar surface area (TPSA) is 42.9 Å². The average Bonchev–Trinajstić information content (AvgIpc) is 3.07. The van der Waals surface area contributed by atoms with E-state index in [2.05, 4.69) is 49.7 Å². The molecule has 2 saturated heterocycles. The predicted octanol–water partition coefficient (Wildman–Crippen LogP) is 3.44. The van der Waals surface area contributed by atoms with Crippen LogP contribution in [-0.4, -0.2) is 62.1 Å². The molecule has 6 heteroatoms. The van der Waals surface area contributed by atoms with Crippen molar-refractivity contribution in [3.63, 3.8) is 0 Å². The highest BCUT2D eigenvalue weighted by Gasteiger charge is 2.11. The second-order valence-electron chi connectivity index (χ2n) is 7.91. The third-order valence-corrected chi connectivity index (χ3v) is 5.73. The average molecular weight is 499 g/mol. The standard InChI is InChI=1S/C22H37N5.HI/c1-23-22(24-12-17-26-13-4-2-3-5-14-26)25-18-20-8-10-21(11-9-20)19-27-15-6-7-16-27;/h8-11H,2-7,12-19H2,1H3,(H2,23,24,25);1H. The normalized spacial score (nSPS) is 19.1. The number of halogens is 1. The fraction of sp³-hybridized carbons (Fsp3) is 0.682. The van der Waals surface area contributed by atoms with Crippen LogP contribution in [0.4, 0.5) is 0 Å². The number of guanidine groups is 1. The Morgan fingerprint density at radius 2 is 1.39 bits per heavy atom. The number of rotatable bonds is 7. The molecular formula is C22H38IN5. The summed E-state index contributed by atoms with van der Waals surface area (Å²) in [7, 11) is 1.85. The first-order valence-corrected chi connectivity index (χ1v) is 10.8. The number of benzene rings is 1. The van der Waals surface area contributed by atoms with E-state index in [4.69, 9.17) is 0 Å². The minimum absolute atomic E-state index is 0. The van der Waals surface area contributed by atoms with Crippen LogP contribution < -0.4 is 10.6 Å². The van der Waals surface area contributed by atoms with E-state index in [-0.39, 0.29) is 24.0 Å². The van der Waals surface area contributed by atoms with Gasteiger partial charge in [-0.25, -0.2) is 0 Å². The molecule has 0 radical (unpaired) electrons. The second-order valence-corrected chi connectivity index (χ2v) is 7.91. The van der Waals surface area contributed by atoms with Crippen LogP contribution in [0.15, 0.2) is 29.3 Å². The molecule has 0 bridgehead atoms. The van der Waals surface area contributed by atoms with Crippen LogP contribution in [0.1, 0.15) is 49.7 Å². The van der Waals surface area contributed by atoms with Gasteiger partial charge in [-0.15, -0.1) is 24.0 Å². The van der Waals surface area contributed by atoms with Crippen molar-refractivity contribution in [1.82, 2.24) is 20.4 Å². The molecule has 158 valence electrons. The van der Waals surface area contributed by atoms with Crippen molar-refractivity contribution in [1.29, 1.82) is 0 Å². The summed E-state index contributed by atoms with van der Waals surface area (Å²) >= 11 is 0. The highest BCUT2D eigenvalue weighted by molar-refractivity contribution is 14.0. The maximum absolute atomic E-state index is 4.36. The molecule has 2 fully saturated rings. The molecule has 28 heavy (non-hydrogen) atoms. The Kier molecular flexibility index (Phi) is 11.2. The Labute approximate surface area is 188 Å². The number of hydrogen-bond acceptors (Lipinski definition) is 3. The molecule has 0 atom stereocenters. The fourth-order valence-corrected chi connectivity index (χ4v) is 4.06. The molecule has 2 N–H and O–H groups in total. The molecule has 2 heterocycles. The molecule has 5 nitrogen and oxygen atoms in total. The Morgan fingerprint density at radius 1 is 0.821 bits per heavy atom. The first kappa shape index (κ1) is 23.4. The summed E-state index contributed by atoms with van der Waals surface area (Å²) < 4.78 is 0. The van der Waals surface area contributed by atoms with Gasteiger partial charge in [0.2, 0.25) is 0 Å². The van der Waals surface area contributed by atoms with Crippen molar-refractivity contribution in [2.45, 2.75) is 51.6 Å². The van der Waals surface area contributed by atoms with Gasteiger partial charge in [0, 0.05) is 33.2 Å². The highest BCUT2D eigenvalue weighted by atomic mass is 127. The molecule has 0 aromatic heterocycles. The highest BCUT2D eigenvalue weighted by Crippen LogP contribution is 2.13. The number of likely N-dealkylation sites (tertiary alicyclic amines) is 2. The van der Waals surface area contributed by atoms with E-state index in [1.807, 2.05) is 7.05 Å². The van der Waals surface area contributed by atoms with Gasteiger partial charge < -0.3 is 15.5 Å². The van der Waals surface area contributed by atoms with Gasteiger partial charge in [-0.05, 0) is 63.0 Å². The molecule has 2 aliphatic rings. The Bertz CT molecular complexity index is 561. The van der Waals surface area contributed by atoms with Crippen molar-refractivity contribution in [2.24, 2.45) is 4.99 Å². The van der Waals surface area contributed by atoms with Crippen molar-refractivity contribution in [3.05, 3.63) is 35.4 Å². The first-order valence-electron chi connectivity index (χ1n) is 10.8. The van der Waals surface area contributed by atoms with Crippen molar-refractivity contribution in [3.8, 4) is 0 Å². The summed E-state index contributed by atoms with van der Waals surface area (Å²) in [6, 6.07) is 9.02. The zero-order valence-corrected chi connectivity index (χ0v) is 19.8. The fourth-order valence-electron chi connectivity index (χ4n) is 4.06. The van der Waals surface area contributed by atoms with Crippen LogP contribution in [0.25, 0.3) is 0 Å². The molecule has 0 saturated carbocycles. The SMILES string of the molecule is CN=C(NCCN1CCCCCC1)NCc1ccc(CN2CCCC2)cc1.I. The van der Waals surface area contributed by atoms with Gasteiger partial charge in [0.05, 0.1) is 0 Å². The van der Waals surface area contributed by atoms with Crippen LogP contribution in [0, 0.1) is 0 Å². The lowest BCUT2D eigenvalue weighted by molar-refractivity contribution is 0.289. The molecule has 0 aliphatic carbocycles. The van der Waals surface area contributed by atoms with Gasteiger partial charge in [0.25, 0.3) is 0 Å². The van der Waals surface area contributed by atoms with Gasteiger partial charge in [-0.3, -0.25) is 9.89 Å². The van der Waals surface area contributed by atoms with Crippen LogP contribution >= 0.6 is 24.0 Å². The van der Waals surface area contributed by atoms with E-state index in [1.165, 1.54) is 75.8 Å². The van der Waals surface area contributed by atoms with Gasteiger partial charge in [0.15, 0.2) is 5.96 Å². The van der Waals surface area contributed by atoms with Crippen LogP contribution in [0.3, 0.4) is 0 Å². The summed E-state index contributed by atoms with van der Waals surface area (Å²) in [4.78, 5) is 9.48. The molecule has 0 unspecified atom stereocenters. The minimum atomic E-state index is 0. The summed E-state index contributed by atoms with van der Waals surface area (Å²) in [5, 5.41) is 6.90.